The molecule has 6 aliphatic carbocycles. The van der Waals surface area contributed by atoms with Gasteiger partial charge in [0.05, 0.1) is 30.4 Å². The number of nitrogens with two attached hydrogens (primary N) is 1. The first-order chi connectivity index (χ1) is 25.8. The van der Waals surface area contributed by atoms with E-state index in [1.807, 2.05) is 0 Å². The molecule has 2 amide bonds. The van der Waals surface area contributed by atoms with Crippen LogP contribution < -0.4 is 5.73 Å². The van der Waals surface area contributed by atoms with E-state index in [9.17, 15) is 27.9 Å². The molecular formula is C42H65F3N4O6. The van der Waals surface area contributed by atoms with Crippen LogP contribution in [0.5, 0.6) is 0 Å². The van der Waals surface area contributed by atoms with Crippen molar-refractivity contribution >= 4 is 12.2 Å². The zero-order chi connectivity index (χ0) is 39.2. The molecule has 310 valence electrons. The largest absolute Gasteiger partial charge is 0.446 e. The molecule has 6 unspecified atom stereocenters. The summed E-state index contributed by atoms with van der Waals surface area (Å²) in [5.41, 5.74) is 6.55. The first-order valence-electron chi connectivity index (χ1n) is 21.6. The van der Waals surface area contributed by atoms with Gasteiger partial charge < -0.3 is 34.9 Å². The van der Waals surface area contributed by atoms with E-state index in [2.05, 4.69) is 41.5 Å². The van der Waals surface area contributed by atoms with Crippen molar-refractivity contribution in [3.63, 3.8) is 0 Å². The highest BCUT2D eigenvalue weighted by Gasteiger charge is 2.89. The number of carbonyl (C=O) groups is 2. The van der Waals surface area contributed by atoms with Crippen LogP contribution in [0.25, 0.3) is 0 Å². The van der Waals surface area contributed by atoms with Gasteiger partial charge in [-0.15, -0.1) is 0 Å². The van der Waals surface area contributed by atoms with Crippen molar-refractivity contribution in [3.05, 3.63) is 0 Å². The molecule has 0 aromatic carbocycles. The Balaban J connectivity index is 0.940. The quantitative estimate of drug-likeness (QED) is 0.335. The number of alkyl halides is 3. The van der Waals surface area contributed by atoms with Crippen molar-refractivity contribution in [1.29, 1.82) is 0 Å². The number of aliphatic hydroxyl groups excluding tert-OH is 1. The molecule has 3 saturated heterocycles. The molecule has 9 rings (SSSR count). The SMILES string of the molecule is CC(C)[C@@H](OC(=O)N1CCC1)C1C[C@@H](C)[C@H]2C(O1)[C@H](O)[C@@]1(N)C3CC[C@]45C6C4C3(CC[C@]21C)C[C@@H]6CC[C@H](OC(=O)N1CCN(CC(F)(F)F)CC1)C5(C)C. The molecule has 10 nitrogen and oxygen atoms in total. The zero-order valence-corrected chi connectivity index (χ0v) is 33.8. The highest BCUT2D eigenvalue weighted by Crippen LogP contribution is 2.91. The normalized spacial score (nSPS) is 48.8. The van der Waals surface area contributed by atoms with Gasteiger partial charge >= 0.3 is 18.4 Å². The Morgan fingerprint density at radius 1 is 0.945 bits per heavy atom. The third-order valence-corrected chi connectivity index (χ3v) is 18.3. The molecule has 15 atom stereocenters. The molecule has 0 aromatic heterocycles. The second-order valence-corrected chi connectivity index (χ2v) is 21.0. The van der Waals surface area contributed by atoms with Gasteiger partial charge in [0.1, 0.15) is 12.2 Å². The van der Waals surface area contributed by atoms with E-state index in [-0.39, 0.29) is 89.8 Å². The van der Waals surface area contributed by atoms with Crippen LogP contribution in [0.15, 0.2) is 0 Å². The van der Waals surface area contributed by atoms with E-state index in [4.69, 9.17) is 19.9 Å². The number of aliphatic hydroxyl groups is 1. The number of hydrogen-bond acceptors (Lipinski definition) is 8. The van der Waals surface area contributed by atoms with Crippen molar-refractivity contribution in [2.75, 3.05) is 45.8 Å². The lowest BCUT2D eigenvalue weighted by Gasteiger charge is -2.65. The number of rotatable bonds is 5. The highest BCUT2D eigenvalue weighted by atomic mass is 19.4. The summed E-state index contributed by atoms with van der Waals surface area (Å²) in [7, 11) is 0. The number of fused-ring (bicyclic) bond motifs is 4. The van der Waals surface area contributed by atoms with E-state index in [1.54, 1.807) is 9.80 Å². The van der Waals surface area contributed by atoms with Gasteiger partial charge in [-0.1, -0.05) is 41.5 Å². The number of carbonyl (C=O) groups excluding carboxylic acids is 2. The Kier molecular flexibility index (Phi) is 8.85. The average Bonchev–Trinajstić information content (AvgIpc) is 3.64. The molecule has 3 N–H and O–H groups in total. The fourth-order valence-corrected chi connectivity index (χ4v) is 15.8. The predicted molar refractivity (Wildman–Crippen MR) is 198 cm³/mol. The molecule has 2 spiro atoms. The van der Waals surface area contributed by atoms with Crippen molar-refractivity contribution < 1.29 is 42.1 Å². The van der Waals surface area contributed by atoms with Gasteiger partial charge in [0, 0.05) is 44.7 Å². The molecule has 55 heavy (non-hydrogen) atoms. The molecule has 9 aliphatic rings. The summed E-state index contributed by atoms with van der Waals surface area (Å²) < 4.78 is 58.5. The average molecular weight is 779 g/mol. The van der Waals surface area contributed by atoms with Gasteiger partial charge in [0.2, 0.25) is 0 Å². The second-order valence-electron chi connectivity index (χ2n) is 21.0. The Morgan fingerprint density at radius 2 is 1.64 bits per heavy atom. The summed E-state index contributed by atoms with van der Waals surface area (Å²) in [6.07, 6.45) is 1.42. The first kappa shape index (κ1) is 38.7. The maximum absolute atomic E-state index is 13.6. The number of ether oxygens (including phenoxy) is 3. The molecule has 6 saturated carbocycles. The van der Waals surface area contributed by atoms with Crippen LogP contribution in [0.4, 0.5) is 22.8 Å². The minimum absolute atomic E-state index is 0.0111. The molecule has 3 aliphatic heterocycles. The van der Waals surface area contributed by atoms with E-state index in [0.717, 1.165) is 70.9 Å². The maximum atomic E-state index is 13.6. The molecule has 9 fully saturated rings. The number of hydrogen-bond donors (Lipinski definition) is 2. The smallest absolute Gasteiger partial charge is 0.410 e. The summed E-state index contributed by atoms with van der Waals surface area (Å²) >= 11 is 0. The van der Waals surface area contributed by atoms with Gasteiger partial charge in [0.25, 0.3) is 0 Å². The Labute approximate surface area is 324 Å². The summed E-state index contributed by atoms with van der Waals surface area (Å²) in [4.78, 5) is 31.3. The minimum Gasteiger partial charge on any atom is -0.446 e. The number of nitrogens with zero attached hydrogens (tertiary/aromatic N) is 3. The van der Waals surface area contributed by atoms with Gasteiger partial charge in [-0.05, 0) is 115 Å². The molecule has 0 aromatic rings. The first-order valence-corrected chi connectivity index (χ1v) is 21.6. The lowest BCUT2D eigenvalue weighted by molar-refractivity contribution is -0.180. The summed E-state index contributed by atoms with van der Waals surface area (Å²) in [6.45, 7) is 14.7. The van der Waals surface area contributed by atoms with Gasteiger partial charge in [-0.25, -0.2) is 9.59 Å². The third-order valence-electron chi connectivity index (χ3n) is 18.3. The second kappa shape index (κ2) is 12.6. The minimum atomic E-state index is -4.26. The molecule has 0 radical (unpaired) electrons. The Morgan fingerprint density at radius 3 is 2.27 bits per heavy atom. The summed E-state index contributed by atoms with van der Waals surface area (Å²) in [6, 6.07) is 0. The van der Waals surface area contributed by atoms with Crippen LogP contribution in [-0.2, 0) is 14.2 Å². The van der Waals surface area contributed by atoms with Crippen LogP contribution in [-0.4, -0.2) is 120 Å². The Bertz CT molecular complexity index is 1550. The van der Waals surface area contributed by atoms with Crippen LogP contribution in [0.1, 0.15) is 99.3 Å². The number of halogens is 3. The highest BCUT2D eigenvalue weighted by molar-refractivity contribution is 5.69. The van der Waals surface area contributed by atoms with E-state index in [0.29, 0.717) is 17.8 Å². The predicted octanol–water partition coefficient (Wildman–Crippen LogP) is 6.29. The number of amides is 2. The molecule has 13 heteroatoms. The van der Waals surface area contributed by atoms with Gasteiger partial charge in [0.15, 0.2) is 0 Å². The topological polar surface area (TPSA) is 118 Å². The number of likely N-dealkylation sites (tertiary alicyclic amines) is 1. The van der Waals surface area contributed by atoms with Crippen molar-refractivity contribution in [3.8, 4) is 0 Å². The Hall–Kier alpha value is -1.83. The summed E-state index contributed by atoms with van der Waals surface area (Å²) in [5, 5.41) is 12.7. The van der Waals surface area contributed by atoms with Gasteiger partial charge in [-0.2, -0.15) is 13.2 Å². The number of piperazine rings is 1. The van der Waals surface area contributed by atoms with Crippen LogP contribution in [0.2, 0.25) is 0 Å². The van der Waals surface area contributed by atoms with Crippen molar-refractivity contribution in [2.45, 2.75) is 142 Å². The standard InChI is InChI=1S/C42H65F3N4O6/c1-23(2)31(55-36(52)48-14-7-15-48)26-20-24(3)29-32(53-26)34(50)42(46)27-10-11-40-30-25(21-39(27,33(30)40)13-12-38(29,42)6)8-9-28(37(40,4)5)54-35(51)49-18-16-47(17-19-49)22-41(43,44)45/h23-34,50H,7-22,46H2,1-6H3/t24-,25+,26?,27?,28+,29+,30?,31-,32?,33?,34+,38-,39?,40+,42+/m1/s1. The summed E-state index contributed by atoms with van der Waals surface area (Å²) in [5.74, 6) is 2.08. The monoisotopic (exact) mass is 778 g/mol. The van der Waals surface area contributed by atoms with E-state index in [1.165, 1.54) is 4.90 Å². The third kappa shape index (κ3) is 5.25. The fraction of sp³-hybridized carbons (Fsp3) is 0.952. The van der Waals surface area contributed by atoms with Crippen LogP contribution in [0, 0.1) is 63.1 Å². The van der Waals surface area contributed by atoms with Gasteiger partial charge in [-0.3, -0.25) is 4.90 Å². The lowest BCUT2D eigenvalue weighted by atomic mass is 9.41. The maximum Gasteiger partial charge on any atom is 0.410 e. The zero-order valence-electron chi connectivity index (χ0n) is 33.8. The molecule has 3 heterocycles. The lowest BCUT2D eigenvalue weighted by Crippen LogP contribution is -2.71. The van der Waals surface area contributed by atoms with Crippen molar-refractivity contribution in [2.24, 2.45) is 68.8 Å². The van der Waals surface area contributed by atoms with E-state index >= 15 is 0 Å². The van der Waals surface area contributed by atoms with Crippen molar-refractivity contribution in [1.82, 2.24) is 14.7 Å². The van der Waals surface area contributed by atoms with Crippen LogP contribution >= 0.6 is 0 Å². The molecule has 0 bridgehead atoms. The molecular weight excluding hydrogens is 713 g/mol. The van der Waals surface area contributed by atoms with Crippen LogP contribution in [0.3, 0.4) is 0 Å². The van der Waals surface area contributed by atoms with E-state index < -0.39 is 42.7 Å². The fourth-order valence-electron chi connectivity index (χ4n) is 15.8.